The van der Waals surface area contributed by atoms with Crippen LogP contribution in [0, 0.1) is 6.92 Å². The van der Waals surface area contributed by atoms with Gasteiger partial charge in [0.05, 0.1) is 12.8 Å². The van der Waals surface area contributed by atoms with E-state index >= 15 is 0 Å². The maximum absolute atomic E-state index is 10.4. The number of rotatable bonds is 5. The van der Waals surface area contributed by atoms with E-state index in [0.717, 1.165) is 35.4 Å². The summed E-state index contributed by atoms with van der Waals surface area (Å²) in [5, 5.41) is 8.50. The maximum atomic E-state index is 10.4. The first-order chi connectivity index (χ1) is 8.10. The minimum absolute atomic E-state index is 0.00824. The average molecular weight is 239 g/mol. The Bertz CT molecular complexity index is 404. The molecule has 0 bridgehead atoms. The van der Waals surface area contributed by atoms with Crippen LogP contribution >= 0.6 is 0 Å². The highest BCUT2D eigenvalue weighted by Gasteiger charge is 2.13. The normalized spacial score (nSPS) is 10.1. The Morgan fingerprint density at radius 1 is 1.53 bits per heavy atom. The van der Waals surface area contributed by atoms with Gasteiger partial charge < -0.3 is 14.6 Å². The molecular formula is C12H17NO4. The van der Waals surface area contributed by atoms with E-state index in [1.165, 1.54) is 0 Å². The largest absolute Gasteiger partial charge is 0.506 e. The van der Waals surface area contributed by atoms with E-state index in [4.69, 9.17) is 9.84 Å². The molecule has 0 amide bonds. The minimum atomic E-state index is -1.29. The van der Waals surface area contributed by atoms with Crippen LogP contribution in [0.3, 0.4) is 0 Å². The summed E-state index contributed by atoms with van der Waals surface area (Å²) in [5.41, 5.74) is 2.54. The second-order valence-electron chi connectivity index (χ2n) is 3.69. The molecule has 0 fully saturated rings. The summed E-state index contributed by atoms with van der Waals surface area (Å²) in [7, 11) is 1.59. The molecule has 17 heavy (non-hydrogen) atoms. The zero-order valence-corrected chi connectivity index (χ0v) is 10.3. The van der Waals surface area contributed by atoms with Gasteiger partial charge in [-0.15, -0.1) is 0 Å². The lowest BCUT2D eigenvalue weighted by Gasteiger charge is -2.14. The van der Waals surface area contributed by atoms with Crippen molar-refractivity contribution < 1.29 is 19.4 Å². The first kappa shape index (κ1) is 13.3. The molecule has 1 aromatic rings. The van der Waals surface area contributed by atoms with Gasteiger partial charge in [0.25, 0.3) is 0 Å². The van der Waals surface area contributed by atoms with Gasteiger partial charge in [-0.3, -0.25) is 4.98 Å². The van der Waals surface area contributed by atoms with Gasteiger partial charge in [-0.05, 0) is 13.3 Å². The highest BCUT2D eigenvalue weighted by molar-refractivity contribution is 5.57. The lowest BCUT2D eigenvalue weighted by molar-refractivity contribution is 0.0850. The molecule has 0 aliphatic carbocycles. The lowest BCUT2D eigenvalue weighted by atomic mass is 10.0. The third-order valence-electron chi connectivity index (χ3n) is 2.46. The van der Waals surface area contributed by atoms with Gasteiger partial charge >= 0.3 is 6.16 Å². The van der Waals surface area contributed by atoms with Crippen LogP contribution in [0.25, 0.3) is 0 Å². The van der Waals surface area contributed by atoms with Crippen LogP contribution < -0.4 is 4.74 Å². The van der Waals surface area contributed by atoms with Crippen LogP contribution in [-0.2, 0) is 17.8 Å². The number of methoxy groups -OCH3 is 1. The van der Waals surface area contributed by atoms with E-state index in [1.807, 2.05) is 6.92 Å². The monoisotopic (exact) mass is 239 g/mol. The van der Waals surface area contributed by atoms with Crippen molar-refractivity contribution >= 4 is 6.16 Å². The predicted molar refractivity (Wildman–Crippen MR) is 62.3 cm³/mol. The molecule has 5 nitrogen and oxygen atoms in total. The van der Waals surface area contributed by atoms with E-state index < -0.39 is 6.16 Å². The topological polar surface area (TPSA) is 68.7 Å². The van der Waals surface area contributed by atoms with Crippen LogP contribution in [0.5, 0.6) is 5.75 Å². The van der Waals surface area contributed by atoms with E-state index in [2.05, 4.69) is 16.6 Å². The number of ether oxygens (including phenoxy) is 2. The molecule has 0 aliphatic heterocycles. The van der Waals surface area contributed by atoms with Gasteiger partial charge in [0.2, 0.25) is 0 Å². The SMILES string of the molecule is CCCc1c(COC(=O)O)cnc(C)c1OC. The second-order valence-corrected chi connectivity index (χ2v) is 3.69. The molecule has 0 atom stereocenters. The number of pyridine rings is 1. The van der Waals surface area contributed by atoms with Crippen molar-refractivity contribution in [2.24, 2.45) is 0 Å². The smallest absolute Gasteiger partial charge is 0.495 e. The Labute approximate surface area is 100 Å². The highest BCUT2D eigenvalue weighted by Crippen LogP contribution is 2.26. The molecule has 0 spiro atoms. The second kappa shape index (κ2) is 6.08. The first-order valence-corrected chi connectivity index (χ1v) is 5.47. The summed E-state index contributed by atoms with van der Waals surface area (Å²) in [4.78, 5) is 14.6. The number of aryl methyl sites for hydroxylation is 1. The van der Waals surface area contributed by atoms with Crippen LogP contribution in [0.15, 0.2) is 6.20 Å². The number of carboxylic acid groups (broad SMARTS) is 1. The maximum Gasteiger partial charge on any atom is 0.506 e. The van der Waals surface area contributed by atoms with E-state index in [-0.39, 0.29) is 6.61 Å². The highest BCUT2D eigenvalue weighted by atomic mass is 16.7. The molecule has 0 aliphatic rings. The quantitative estimate of drug-likeness (QED) is 0.800. The van der Waals surface area contributed by atoms with Gasteiger partial charge in [0, 0.05) is 17.3 Å². The molecule has 1 rings (SSSR count). The van der Waals surface area contributed by atoms with Crippen LogP contribution in [-0.4, -0.2) is 23.4 Å². The van der Waals surface area contributed by atoms with Gasteiger partial charge in [0.15, 0.2) is 0 Å². The van der Waals surface area contributed by atoms with Gasteiger partial charge in [-0.25, -0.2) is 4.79 Å². The van der Waals surface area contributed by atoms with Crippen molar-refractivity contribution in [3.05, 3.63) is 23.0 Å². The van der Waals surface area contributed by atoms with E-state index in [0.29, 0.717) is 0 Å². The van der Waals surface area contributed by atoms with Crippen LogP contribution in [0.2, 0.25) is 0 Å². The fourth-order valence-corrected chi connectivity index (χ4v) is 1.73. The molecule has 1 aromatic heterocycles. The number of carbonyl (C=O) groups is 1. The summed E-state index contributed by atoms with van der Waals surface area (Å²) in [6.07, 6.45) is 2.11. The predicted octanol–water partition coefficient (Wildman–Crippen LogP) is 2.55. The molecule has 1 heterocycles. The molecule has 1 N–H and O–H groups in total. The van der Waals surface area contributed by atoms with Crippen LogP contribution in [0.1, 0.15) is 30.2 Å². The molecule has 94 valence electrons. The Kier molecular flexibility index (Phi) is 4.75. The molecule has 0 saturated heterocycles. The zero-order valence-electron chi connectivity index (χ0n) is 10.3. The van der Waals surface area contributed by atoms with Crippen molar-refractivity contribution in [1.82, 2.24) is 4.98 Å². The number of hydrogen-bond acceptors (Lipinski definition) is 4. The molecule has 5 heteroatoms. The van der Waals surface area contributed by atoms with E-state index in [9.17, 15) is 4.79 Å². The minimum Gasteiger partial charge on any atom is -0.495 e. The molecule has 0 saturated carbocycles. The fourth-order valence-electron chi connectivity index (χ4n) is 1.73. The third-order valence-corrected chi connectivity index (χ3v) is 2.46. The van der Waals surface area contributed by atoms with Crippen molar-refractivity contribution in [3.63, 3.8) is 0 Å². The van der Waals surface area contributed by atoms with Gasteiger partial charge in [-0.2, -0.15) is 0 Å². The Balaban J connectivity index is 3.06. The number of nitrogens with zero attached hydrogens (tertiary/aromatic N) is 1. The summed E-state index contributed by atoms with van der Waals surface area (Å²) in [6, 6.07) is 0. The number of aromatic nitrogens is 1. The average Bonchev–Trinajstić information content (AvgIpc) is 2.28. The molecule has 0 radical (unpaired) electrons. The Morgan fingerprint density at radius 2 is 2.24 bits per heavy atom. The summed E-state index contributed by atoms with van der Waals surface area (Å²) >= 11 is 0. The van der Waals surface area contributed by atoms with Crippen molar-refractivity contribution in [1.29, 1.82) is 0 Å². The van der Waals surface area contributed by atoms with Crippen LogP contribution in [0.4, 0.5) is 4.79 Å². The molecular weight excluding hydrogens is 222 g/mol. The Morgan fingerprint density at radius 3 is 2.76 bits per heavy atom. The summed E-state index contributed by atoms with van der Waals surface area (Å²) in [5.74, 6) is 0.721. The van der Waals surface area contributed by atoms with Crippen molar-refractivity contribution in [2.45, 2.75) is 33.3 Å². The Hall–Kier alpha value is -1.78. The molecule has 0 aromatic carbocycles. The number of hydrogen-bond donors (Lipinski definition) is 1. The van der Waals surface area contributed by atoms with Gasteiger partial charge in [-0.1, -0.05) is 13.3 Å². The van der Waals surface area contributed by atoms with Crippen molar-refractivity contribution in [2.75, 3.05) is 7.11 Å². The third kappa shape index (κ3) is 3.34. The van der Waals surface area contributed by atoms with Crippen molar-refractivity contribution in [3.8, 4) is 5.75 Å². The van der Waals surface area contributed by atoms with Gasteiger partial charge in [0.1, 0.15) is 12.4 Å². The fraction of sp³-hybridized carbons (Fsp3) is 0.500. The first-order valence-electron chi connectivity index (χ1n) is 5.47. The molecule has 0 unspecified atom stereocenters. The summed E-state index contributed by atoms with van der Waals surface area (Å²) < 4.78 is 9.89. The summed E-state index contributed by atoms with van der Waals surface area (Å²) in [6.45, 7) is 3.92. The standard InChI is InChI=1S/C12H17NO4/c1-4-5-10-9(7-17-12(14)15)6-13-8(2)11(10)16-3/h6H,4-5,7H2,1-3H3,(H,14,15). The van der Waals surface area contributed by atoms with E-state index in [1.54, 1.807) is 13.3 Å². The lowest BCUT2D eigenvalue weighted by Crippen LogP contribution is -2.06. The zero-order chi connectivity index (χ0) is 12.8.